The van der Waals surface area contributed by atoms with Crippen molar-refractivity contribution in [2.45, 2.75) is 20.3 Å². The Morgan fingerprint density at radius 3 is 2.65 bits per heavy atom. The molecule has 0 fully saturated rings. The average Bonchev–Trinajstić information content (AvgIpc) is 3.19. The number of carbonyl (C=O) groups is 1. The number of aromatic nitrogens is 2. The number of benzene rings is 1. The SMILES string of the molecule is CCCNC(=O)c1cn(-c2ccccc2)nc1-c1ccc(C)o1. The smallest absolute Gasteiger partial charge is 0.255 e. The summed E-state index contributed by atoms with van der Waals surface area (Å²) in [4.78, 5) is 12.4. The standard InChI is InChI=1S/C18H19N3O2/c1-3-11-19-18(22)15-12-21(14-7-5-4-6-8-14)20-17(15)16-10-9-13(2)23-16/h4-10,12H,3,11H2,1-2H3,(H,19,22). The molecule has 0 atom stereocenters. The molecule has 0 spiro atoms. The molecule has 118 valence electrons. The minimum atomic E-state index is -0.141. The second kappa shape index (κ2) is 6.52. The maximum Gasteiger partial charge on any atom is 0.255 e. The van der Waals surface area contributed by atoms with Crippen LogP contribution in [0.25, 0.3) is 17.1 Å². The van der Waals surface area contributed by atoms with Crippen LogP contribution in [0.3, 0.4) is 0 Å². The zero-order valence-corrected chi connectivity index (χ0v) is 13.2. The molecule has 2 aromatic heterocycles. The van der Waals surface area contributed by atoms with Gasteiger partial charge in [0.25, 0.3) is 5.91 Å². The zero-order valence-electron chi connectivity index (χ0n) is 13.2. The van der Waals surface area contributed by atoms with Gasteiger partial charge in [-0.15, -0.1) is 0 Å². The van der Waals surface area contributed by atoms with Crippen molar-refractivity contribution in [1.82, 2.24) is 15.1 Å². The molecule has 0 unspecified atom stereocenters. The van der Waals surface area contributed by atoms with E-state index in [-0.39, 0.29) is 5.91 Å². The van der Waals surface area contributed by atoms with Crippen molar-refractivity contribution in [2.75, 3.05) is 6.54 Å². The third-order valence-corrected chi connectivity index (χ3v) is 3.49. The Morgan fingerprint density at radius 1 is 1.22 bits per heavy atom. The van der Waals surface area contributed by atoms with Crippen molar-refractivity contribution >= 4 is 5.91 Å². The summed E-state index contributed by atoms with van der Waals surface area (Å²) in [6, 6.07) is 13.4. The Kier molecular flexibility index (Phi) is 4.28. The van der Waals surface area contributed by atoms with Crippen LogP contribution in [0.5, 0.6) is 0 Å². The van der Waals surface area contributed by atoms with Crippen LogP contribution < -0.4 is 5.32 Å². The molecular formula is C18H19N3O2. The molecule has 0 saturated carbocycles. The molecule has 1 aromatic carbocycles. The van der Waals surface area contributed by atoms with E-state index in [0.29, 0.717) is 23.6 Å². The van der Waals surface area contributed by atoms with Crippen LogP contribution in [-0.2, 0) is 0 Å². The van der Waals surface area contributed by atoms with Crippen LogP contribution in [0, 0.1) is 6.92 Å². The average molecular weight is 309 g/mol. The Morgan fingerprint density at radius 2 is 2.00 bits per heavy atom. The van der Waals surface area contributed by atoms with Crippen LogP contribution >= 0.6 is 0 Å². The van der Waals surface area contributed by atoms with E-state index in [1.807, 2.05) is 56.3 Å². The summed E-state index contributed by atoms with van der Waals surface area (Å²) in [6.07, 6.45) is 2.63. The lowest BCUT2D eigenvalue weighted by Crippen LogP contribution is -2.24. The summed E-state index contributed by atoms with van der Waals surface area (Å²) >= 11 is 0. The minimum absolute atomic E-state index is 0.141. The van der Waals surface area contributed by atoms with Gasteiger partial charge in [0.2, 0.25) is 0 Å². The molecule has 23 heavy (non-hydrogen) atoms. The van der Waals surface area contributed by atoms with Gasteiger partial charge in [-0.05, 0) is 37.6 Å². The Bertz CT molecular complexity index is 803. The highest BCUT2D eigenvalue weighted by Gasteiger charge is 2.20. The first-order valence-corrected chi connectivity index (χ1v) is 7.69. The van der Waals surface area contributed by atoms with Gasteiger partial charge >= 0.3 is 0 Å². The maximum atomic E-state index is 12.4. The third kappa shape index (κ3) is 3.18. The Labute approximate surface area is 134 Å². The number of amides is 1. The lowest BCUT2D eigenvalue weighted by molar-refractivity contribution is 0.0954. The quantitative estimate of drug-likeness (QED) is 0.783. The molecule has 1 N–H and O–H groups in total. The molecule has 1 amide bonds. The van der Waals surface area contributed by atoms with E-state index < -0.39 is 0 Å². The molecule has 0 aliphatic rings. The number of para-hydroxylation sites is 1. The first-order chi connectivity index (χ1) is 11.2. The van der Waals surface area contributed by atoms with Crippen molar-refractivity contribution in [1.29, 1.82) is 0 Å². The summed E-state index contributed by atoms with van der Waals surface area (Å²) in [6.45, 7) is 4.52. The van der Waals surface area contributed by atoms with Gasteiger partial charge < -0.3 is 9.73 Å². The Balaban J connectivity index is 2.05. The molecule has 5 nitrogen and oxygen atoms in total. The second-order valence-corrected chi connectivity index (χ2v) is 5.34. The van der Waals surface area contributed by atoms with E-state index >= 15 is 0 Å². The van der Waals surface area contributed by atoms with Crippen LogP contribution in [-0.4, -0.2) is 22.2 Å². The first-order valence-electron chi connectivity index (χ1n) is 7.69. The molecule has 0 aliphatic heterocycles. The summed E-state index contributed by atoms with van der Waals surface area (Å²) in [5.74, 6) is 1.24. The number of aryl methyl sites for hydroxylation is 1. The van der Waals surface area contributed by atoms with Gasteiger partial charge in [0.15, 0.2) is 5.76 Å². The van der Waals surface area contributed by atoms with Crippen LogP contribution in [0.1, 0.15) is 29.5 Å². The van der Waals surface area contributed by atoms with E-state index in [1.54, 1.807) is 10.9 Å². The number of hydrogen-bond donors (Lipinski definition) is 1. The van der Waals surface area contributed by atoms with Crippen LogP contribution in [0.15, 0.2) is 53.1 Å². The number of nitrogens with one attached hydrogen (secondary N) is 1. The highest BCUT2D eigenvalue weighted by Crippen LogP contribution is 2.25. The number of furan rings is 1. The number of hydrogen-bond acceptors (Lipinski definition) is 3. The summed E-state index contributed by atoms with van der Waals surface area (Å²) in [7, 11) is 0. The van der Waals surface area contributed by atoms with Crippen molar-refractivity contribution in [2.24, 2.45) is 0 Å². The molecule has 0 bridgehead atoms. The van der Waals surface area contributed by atoms with E-state index in [0.717, 1.165) is 17.9 Å². The fourth-order valence-electron chi connectivity index (χ4n) is 2.33. The molecule has 3 rings (SSSR count). The largest absolute Gasteiger partial charge is 0.460 e. The van der Waals surface area contributed by atoms with Gasteiger partial charge in [-0.2, -0.15) is 5.10 Å². The van der Waals surface area contributed by atoms with Crippen molar-refractivity contribution in [3.05, 3.63) is 60.0 Å². The number of rotatable bonds is 5. The molecule has 3 aromatic rings. The topological polar surface area (TPSA) is 60.1 Å². The van der Waals surface area contributed by atoms with Crippen molar-refractivity contribution in [3.63, 3.8) is 0 Å². The van der Waals surface area contributed by atoms with Gasteiger partial charge in [0.05, 0.1) is 11.3 Å². The van der Waals surface area contributed by atoms with E-state index in [1.165, 1.54) is 0 Å². The van der Waals surface area contributed by atoms with E-state index in [4.69, 9.17) is 4.42 Å². The van der Waals surface area contributed by atoms with Crippen LogP contribution in [0.4, 0.5) is 0 Å². The van der Waals surface area contributed by atoms with E-state index in [2.05, 4.69) is 10.4 Å². The molecular weight excluding hydrogens is 290 g/mol. The van der Waals surface area contributed by atoms with Gasteiger partial charge in [0.1, 0.15) is 11.5 Å². The van der Waals surface area contributed by atoms with Gasteiger partial charge in [-0.1, -0.05) is 25.1 Å². The van der Waals surface area contributed by atoms with Crippen LogP contribution in [0.2, 0.25) is 0 Å². The summed E-state index contributed by atoms with van der Waals surface area (Å²) < 4.78 is 7.36. The molecule has 0 radical (unpaired) electrons. The maximum absolute atomic E-state index is 12.4. The van der Waals surface area contributed by atoms with Gasteiger partial charge in [0, 0.05) is 12.7 Å². The van der Waals surface area contributed by atoms with Crippen molar-refractivity contribution < 1.29 is 9.21 Å². The predicted octanol–water partition coefficient (Wildman–Crippen LogP) is 3.58. The fraction of sp³-hybridized carbons (Fsp3) is 0.222. The lowest BCUT2D eigenvalue weighted by Gasteiger charge is -2.02. The van der Waals surface area contributed by atoms with Gasteiger partial charge in [-0.25, -0.2) is 4.68 Å². The molecule has 0 saturated heterocycles. The summed E-state index contributed by atoms with van der Waals surface area (Å²) in [5, 5.41) is 7.45. The minimum Gasteiger partial charge on any atom is -0.460 e. The third-order valence-electron chi connectivity index (χ3n) is 3.49. The normalized spacial score (nSPS) is 10.7. The van der Waals surface area contributed by atoms with E-state index in [9.17, 15) is 4.79 Å². The predicted molar refractivity (Wildman–Crippen MR) is 88.6 cm³/mol. The highest BCUT2D eigenvalue weighted by molar-refractivity contribution is 5.99. The van der Waals surface area contributed by atoms with Crippen molar-refractivity contribution in [3.8, 4) is 17.1 Å². The monoisotopic (exact) mass is 309 g/mol. The highest BCUT2D eigenvalue weighted by atomic mass is 16.3. The number of nitrogens with zero attached hydrogens (tertiary/aromatic N) is 2. The number of carbonyl (C=O) groups excluding carboxylic acids is 1. The summed E-state index contributed by atoms with van der Waals surface area (Å²) in [5.41, 5.74) is 1.96. The molecule has 5 heteroatoms. The first kappa shape index (κ1) is 15.1. The lowest BCUT2D eigenvalue weighted by atomic mass is 10.2. The second-order valence-electron chi connectivity index (χ2n) is 5.34. The zero-order chi connectivity index (χ0) is 16.2. The fourth-order valence-corrected chi connectivity index (χ4v) is 2.33. The van der Waals surface area contributed by atoms with Gasteiger partial charge in [-0.3, -0.25) is 4.79 Å². The Hall–Kier alpha value is -2.82. The molecule has 0 aliphatic carbocycles. The molecule has 2 heterocycles.